The Morgan fingerprint density at radius 3 is 3.00 bits per heavy atom. The zero-order valence-electron chi connectivity index (χ0n) is 8.67. The predicted molar refractivity (Wildman–Crippen MR) is 66.1 cm³/mol. The highest BCUT2D eigenvalue weighted by Crippen LogP contribution is 2.19. The van der Waals surface area contributed by atoms with Crippen molar-refractivity contribution in [1.29, 1.82) is 0 Å². The highest BCUT2D eigenvalue weighted by Gasteiger charge is 2.19. The summed E-state index contributed by atoms with van der Waals surface area (Å²) in [6.45, 7) is 2.07. The molecule has 4 heteroatoms. The van der Waals surface area contributed by atoms with E-state index in [1.54, 1.807) is 6.20 Å². The zero-order valence-corrected chi connectivity index (χ0v) is 10.3. The molecule has 1 fully saturated rings. The van der Waals surface area contributed by atoms with Crippen LogP contribution in [0.25, 0.3) is 0 Å². The van der Waals surface area contributed by atoms with Gasteiger partial charge in [0.15, 0.2) is 0 Å². The molecule has 0 spiro atoms. The maximum atomic E-state index is 4.24. The summed E-state index contributed by atoms with van der Waals surface area (Å²) in [5.41, 5.74) is 0. The molecule has 1 saturated carbocycles. The number of aromatic nitrogens is 1. The Morgan fingerprint density at radius 2 is 2.27 bits per heavy atom. The number of rotatable bonds is 6. The van der Waals surface area contributed by atoms with Crippen LogP contribution in [-0.2, 0) is 0 Å². The van der Waals surface area contributed by atoms with E-state index in [0.717, 1.165) is 35.8 Å². The molecule has 0 radical (unpaired) electrons. The first-order valence-electron chi connectivity index (χ1n) is 5.44. The minimum absolute atomic E-state index is 0.812. The Balaban J connectivity index is 1.62. The molecular weight excluding hydrogens is 254 g/mol. The van der Waals surface area contributed by atoms with Crippen LogP contribution < -0.4 is 10.6 Å². The standard InChI is InChI=1S/C11H16BrN3/c12-10-3-1-6-14-11(10)15-8-2-7-13-9-4-5-9/h1,3,6,9,13H,2,4-5,7-8H2,(H,14,15). The van der Waals surface area contributed by atoms with Crippen molar-refractivity contribution in [3.05, 3.63) is 22.8 Å². The molecule has 0 unspecified atom stereocenters. The molecule has 0 bridgehead atoms. The molecule has 0 atom stereocenters. The van der Waals surface area contributed by atoms with Gasteiger partial charge in [-0.15, -0.1) is 0 Å². The van der Waals surface area contributed by atoms with E-state index in [-0.39, 0.29) is 0 Å². The normalized spacial score (nSPS) is 15.3. The third-order valence-electron chi connectivity index (χ3n) is 2.41. The van der Waals surface area contributed by atoms with Gasteiger partial charge in [0.1, 0.15) is 5.82 Å². The highest BCUT2D eigenvalue weighted by molar-refractivity contribution is 9.10. The van der Waals surface area contributed by atoms with Crippen LogP contribution in [0, 0.1) is 0 Å². The largest absolute Gasteiger partial charge is 0.369 e. The number of nitrogens with one attached hydrogen (secondary N) is 2. The molecule has 15 heavy (non-hydrogen) atoms. The SMILES string of the molecule is Brc1cccnc1NCCCNC1CC1. The van der Waals surface area contributed by atoms with E-state index in [9.17, 15) is 0 Å². The Morgan fingerprint density at radius 1 is 1.40 bits per heavy atom. The van der Waals surface area contributed by atoms with Gasteiger partial charge in [0.2, 0.25) is 0 Å². The van der Waals surface area contributed by atoms with Gasteiger partial charge in [-0.2, -0.15) is 0 Å². The third kappa shape index (κ3) is 3.80. The van der Waals surface area contributed by atoms with E-state index in [2.05, 4.69) is 31.5 Å². The lowest BCUT2D eigenvalue weighted by Crippen LogP contribution is -2.20. The van der Waals surface area contributed by atoms with Crippen LogP contribution in [0.4, 0.5) is 5.82 Å². The van der Waals surface area contributed by atoms with E-state index >= 15 is 0 Å². The van der Waals surface area contributed by atoms with Crippen LogP contribution in [0.15, 0.2) is 22.8 Å². The molecule has 0 saturated heterocycles. The molecule has 0 aromatic carbocycles. The van der Waals surface area contributed by atoms with Gasteiger partial charge in [-0.05, 0) is 53.9 Å². The highest BCUT2D eigenvalue weighted by atomic mass is 79.9. The Kier molecular flexibility index (Phi) is 3.97. The molecule has 2 N–H and O–H groups in total. The van der Waals surface area contributed by atoms with Crippen LogP contribution in [0.5, 0.6) is 0 Å². The van der Waals surface area contributed by atoms with Crippen molar-refractivity contribution in [3.63, 3.8) is 0 Å². The van der Waals surface area contributed by atoms with E-state index in [1.807, 2.05) is 12.1 Å². The molecule has 1 aliphatic carbocycles. The number of halogens is 1. The third-order valence-corrected chi connectivity index (χ3v) is 3.05. The number of hydrogen-bond acceptors (Lipinski definition) is 3. The average molecular weight is 270 g/mol. The Bertz CT molecular complexity index is 312. The summed E-state index contributed by atoms with van der Waals surface area (Å²) in [5, 5.41) is 6.79. The lowest BCUT2D eigenvalue weighted by atomic mass is 10.4. The van der Waals surface area contributed by atoms with Crippen LogP contribution in [0.1, 0.15) is 19.3 Å². The van der Waals surface area contributed by atoms with E-state index in [0.29, 0.717) is 0 Å². The fourth-order valence-electron chi connectivity index (χ4n) is 1.40. The topological polar surface area (TPSA) is 37.0 Å². The molecule has 0 amide bonds. The van der Waals surface area contributed by atoms with Crippen LogP contribution in [0.2, 0.25) is 0 Å². The fraction of sp³-hybridized carbons (Fsp3) is 0.545. The summed E-state index contributed by atoms with van der Waals surface area (Å²) in [6, 6.07) is 4.73. The van der Waals surface area contributed by atoms with Crippen LogP contribution in [0.3, 0.4) is 0 Å². The fourth-order valence-corrected chi connectivity index (χ4v) is 1.80. The lowest BCUT2D eigenvalue weighted by Gasteiger charge is -2.07. The van der Waals surface area contributed by atoms with Crippen molar-refractivity contribution in [3.8, 4) is 0 Å². The van der Waals surface area contributed by atoms with Gasteiger partial charge in [-0.25, -0.2) is 4.98 Å². The van der Waals surface area contributed by atoms with Gasteiger partial charge < -0.3 is 10.6 Å². The van der Waals surface area contributed by atoms with Gasteiger partial charge >= 0.3 is 0 Å². The summed E-state index contributed by atoms with van der Waals surface area (Å²) in [7, 11) is 0. The summed E-state index contributed by atoms with van der Waals surface area (Å²) in [6.07, 6.45) is 5.66. The van der Waals surface area contributed by atoms with Crippen molar-refractivity contribution < 1.29 is 0 Å². The van der Waals surface area contributed by atoms with Gasteiger partial charge in [-0.3, -0.25) is 0 Å². The maximum absolute atomic E-state index is 4.24. The average Bonchev–Trinajstić information content (AvgIpc) is 3.04. The second kappa shape index (κ2) is 5.47. The maximum Gasteiger partial charge on any atom is 0.140 e. The molecule has 1 aromatic heterocycles. The van der Waals surface area contributed by atoms with Gasteiger partial charge in [0.25, 0.3) is 0 Å². The molecule has 1 heterocycles. The van der Waals surface area contributed by atoms with Crippen molar-refractivity contribution in [2.75, 3.05) is 18.4 Å². The van der Waals surface area contributed by atoms with Crippen molar-refractivity contribution in [2.45, 2.75) is 25.3 Å². The Hall–Kier alpha value is -0.610. The molecular formula is C11H16BrN3. The van der Waals surface area contributed by atoms with Crippen molar-refractivity contribution in [1.82, 2.24) is 10.3 Å². The first kappa shape index (κ1) is 10.9. The van der Waals surface area contributed by atoms with Crippen LogP contribution >= 0.6 is 15.9 Å². The smallest absolute Gasteiger partial charge is 0.140 e. The lowest BCUT2D eigenvalue weighted by molar-refractivity contribution is 0.658. The van der Waals surface area contributed by atoms with Crippen molar-refractivity contribution >= 4 is 21.7 Å². The molecule has 0 aliphatic heterocycles. The molecule has 2 rings (SSSR count). The summed E-state index contributed by atoms with van der Waals surface area (Å²) < 4.78 is 1.03. The number of hydrogen-bond donors (Lipinski definition) is 2. The minimum atomic E-state index is 0.812. The second-order valence-electron chi connectivity index (χ2n) is 3.84. The molecule has 3 nitrogen and oxygen atoms in total. The van der Waals surface area contributed by atoms with Gasteiger partial charge in [0, 0.05) is 18.8 Å². The Labute approximate surface area is 98.8 Å². The first-order chi connectivity index (χ1) is 7.36. The van der Waals surface area contributed by atoms with Crippen LogP contribution in [-0.4, -0.2) is 24.1 Å². The number of anilines is 1. The second-order valence-corrected chi connectivity index (χ2v) is 4.70. The summed E-state index contributed by atoms with van der Waals surface area (Å²) >= 11 is 3.46. The zero-order chi connectivity index (χ0) is 10.5. The molecule has 82 valence electrons. The molecule has 1 aliphatic rings. The van der Waals surface area contributed by atoms with Crippen molar-refractivity contribution in [2.24, 2.45) is 0 Å². The van der Waals surface area contributed by atoms with E-state index in [1.165, 1.54) is 12.8 Å². The number of nitrogens with zero attached hydrogens (tertiary/aromatic N) is 1. The summed E-state index contributed by atoms with van der Waals surface area (Å²) in [4.78, 5) is 4.24. The predicted octanol–water partition coefficient (Wildman–Crippen LogP) is 2.40. The first-order valence-corrected chi connectivity index (χ1v) is 6.23. The minimum Gasteiger partial charge on any atom is -0.369 e. The monoisotopic (exact) mass is 269 g/mol. The quantitative estimate of drug-likeness (QED) is 0.779. The molecule has 1 aromatic rings. The van der Waals surface area contributed by atoms with Gasteiger partial charge in [-0.1, -0.05) is 0 Å². The summed E-state index contributed by atoms with van der Waals surface area (Å²) in [5.74, 6) is 0.934. The van der Waals surface area contributed by atoms with E-state index < -0.39 is 0 Å². The number of pyridine rings is 1. The van der Waals surface area contributed by atoms with Gasteiger partial charge in [0.05, 0.1) is 4.47 Å². The van der Waals surface area contributed by atoms with E-state index in [4.69, 9.17) is 0 Å².